The first-order valence-corrected chi connectivity index (χ1v) is 26.0. The molecule has 0 saturated carbocycles. The number of benzene rings is 6. The van der Waals surface area contributed by atoms with Crippen molar-refractivity contribution in [1.82, 2.24) is 19.9 Å². The molecule has 20 heteroatoms. The Morgan fingerprint density at radius 3 is 1.20 bits per heavy atom. The second-order valence-electron chi connectivity index (χ2n) is 17.3. The van der Waals surface area contributed by atoms with E-state index in [9.17, 15) is 52.0 Å². The van der Waals surface area contributed by atoms with Gasteiger partial charge in [-0.2, -0.15) is 26.3 Å². The van der Waals surface area contributed by atoms with Gasteiger partial charge in [-0.1, -0.05) is 48.5 Å². The van der Waals surface area contributed by atoms with Gasteiger partial charge in [0.25, 0.3) is 0 Å². The third-order valence-corrected chi connectivity index (χ3v) is 15.8. The predicted molar refractivity (Wildman–Crippen MR) is 256 cm³/mol. The van der Waals surface area contributed by atoms with Crippen LogP contribution in [0.5, 0.6) is 11.5 Å². The molecule has 0 amide bonds. The van der Waals surface area contributed by atoms with Gasteiger partial charge in [0.2, 0.25) is 0 Å². The molecule has 2 aromatic heterocycles. The summed E-state index contributed by atoms with van der Waals surface area (Å²) in [7, 11) is -7.47. The smallest absolute Gasteiger partial charge is 0.416 e. The molecule has 0 aliphatic carbocycles. The summed E-state index contributed by atoms with van der Waals surface area (Å²) in [4.78, 5) is 15.6. The molecule has 10 nitrogen and oxygen atoms in total. The lowest BCUT2D eigenvalue weighted by Crippen LogP contribution is -2.17. The number of sulfone groups is 2. The van der Waals surface area contributed by atoms with Gasteiger partial charge in [-0.25, -0.2) is 45.6 Å². The third kappa shape index (κ3) is 11.5. The van der Waals surface area contributed by atoms with Crippen LogP contribution < -0.4 is 9.47 Å². The van der Waals surface area contributed by atoms with Crippen LogP contribution >= 0.6 is 0 Å². The quantitative estimate of drug-likeness (QED) is 0.122. The van der Waals surface area contributed by atoms with E-state index in [1.165, 1.54) is 122 Å². The van der Waals surface area contributed by atoms with E-state index in [4.69, 9.17) is 9.47 Å². The number of hydrogen-bond acceptors (Lipinski definition) is 10. The lowest BCUT2D eigenvalue weighted by Gasteiger charge is -2.29. The van der Waals surface area contributed by atoms with E-state index >= 15 is 0 Å². The van der Waals surface area contributed by atoms with E-state index in [-0.39, 0.29) is 46.3 Å². The minimum absolute atomic E-state index is 0.0525. The van der Waals surface area contributed by atoms with Crippen molar-refractivity contribution in [1.29, 1.82) is 0 Å². The second kappa shape index (κ2) is 20.7. The van der Waals surface area contributed by atoms with Crippen molar-refractivity contribution in [2.45, 2.75) is 58.3 Å². The fourth-order valence-corrected chi connectivity index (χ4v) is 11.5. The monoisotopic (exact) mass is 1060 g/mol. The zero-order valence-electron chi connectivity index (χ0n) is 38.5. The highest BCUT2D eigenvalue weighted by molar-refractivity contribution is 7.91. The largest absolute Gasteiger partial charge is 0.493 e. The van der Waals surface area contributed by atoms with Gasteiger partial charge in [-0.15, -0.1) is 0 Å². The number of halogens is 8. The minimum Gasteiger partial charge on any atom is -0.493 e. The minimum atomic E-state index is -4.55. The van der Waals surface area contributed by atoms with Crippen LogP contribution in [0.15, 0.2) is 168 Å². The first kappa shape index (κ1) is 51.3. The van der Waals surface area contributed by atoms with Crippen LogP contribution in [0.3, 0.4) is 0 Å². The SMILES string of the molecule is O=S(=O)(Cc1ccncn1)c1ccc2c(c1)OCC[C@@H]2c1ccc(C(F)(F)F)cc1-c1ccc(F)cc1.O=S(=O)(Cc1ccncn1)c1ccc2c(c1)OCC[C@H]2c1ccc(C(F)(F)F)cc1-c1ccc(F)cc1. The third-order valence-electron chi connectivity index (χ3n) is 12.6. The molecule has 0 radical (unpaired) electrons. The Balaban J connectivity index is 0.000000182. The van der Waals surface area contributed by atoms with Crippen molar-refractivity contribution < 1.29 is 61.4 Å². The summed E-state index contributed by atoms with van der Waals surface area (Å²) in [5.41, 5.74) is 3.16. The molecule has 10 rings (SSSR count). The van der Waals surface area contributed by atoms with Gasteiger partial charge in [0.15, 0.2) is 19.7 Å². The van der Waals surface area contributed by atoms with Crippen LogP contribution in [0, 0.1) is 11.6 Å². The number of ether oxygens (including phenoxy) is 2. The molecule has 4 heterocycles. The Bertz CT molecular complexity index is 3320. The number of alkyl halides is 6. The molecule has 2 atom stereocenters. The molecule has 0 spiro atoms. The van der Waals surface area contributed by atoms with E-state index in [0.29, 0.717) is 80.2 Å². The zero-order chi connectivity index (χ0) is 52.4. The van der Waals surface area contributed by atoms with Crippen molar-refractivity contribution in [3.63, 3.8) is 0 Å². The highest BCUT2D eigenvalue weighted by Crippen LogP contribution is 2.47. The fraction of sp³-hybridized carbons (Fsp3) is 0.185. The second-order valence-corrected chi connectivity index (χ2v) is 21.3. The summed E-state index contributed by atoms with van der Waals surface area (Å²) in [5, 5.41) is 0. The number of nitrogens with zero attached hydrogens (tertiary/aromatic N) is 4. The molecule has 0 saturated heterocycles. The Hall–Kier alpha value is -7.58. The topological polar surface area (TPSA) is 138 Å². The van der Waals surface area contributed by atoms with Crippen LogP contribution in [0.2, 0.25) is 0 Å². The number of aromatic nitrogens is 4. The Kier molecular flexibility index (Phi) is 14.4. The first-order chi connectivity index (χ1) is 35.2. The number of rotatable bonds is 10. The van der Waals surface area contributed by atoms with Gasteiger partial charge in [-0.3, -0.25) is 0 Å². The summed E-state index contributed by atoms with van der Waals surface area (Å²) in [6.45, 7) is 0.494. The van der Waals surface area contributed by atoms with Crippen LogP contribution in [0.25, 0.3) is 22.3 Å². The molecule has 380 valence electrons. The molecular formula is C54H40F8N4O6S2. The highest BCUT2D eigenvalue weighted by Gasteiger charge is 2.35. The van der Waals surface area contributed by atoms with E-state index in [1.807, 2.05) is 0 Å². The van der Waals surface area contributed by atoms with Crippen LogP contribution in [0.1, 0.15) is 69.4 Å². The Labute approximate surface area is 419 Å². The molecule has 74 heavy (non-hydrogen) atoms. The van der Waals surface area contributed by atoms with Crippen molar-refractivity contribution >= 4 is 19.7 Å². The molecule has 0 bridgehead atoms. The van der Waals surface area contributed by atoms with Crippen LogP contribution in [-0.4, -0.2) is 50.0 Å². The molecule has 0 fully saturated rings. The maximum Gasteiger partial charge on any atom is 0.416 e. The number of hydrogen-bond donors (Lipinski definition) is 0. The van der Waals surface area contributed by atoms with Gasteiger partial charge in [0.05, 0.1) is 57.0 Å². The predicted octanol–water partition coefficient (Wildman–Crippen LogP) is 12.4. The molecule has 2 aliphatic rings. The van der Waals surface area contributed by atoms with Gasteiger partial charge in [-0.05, 0) is 131 Å². The molecule has 8 aromatic rings. The lowest BCUT2D eigenvalue weighted by molar-refractivity contribution is -0.138. The molecule has 2 aliphatic heterocycles. The Morgan fingerprint density at radius 1 is 0.473 bits per heavy atom. The highest BCUT2D eigenvalue weighted by atomic mass is 32.2. The average Bonchev–Trinajstić information content (AvgIpc) is 3.39. The normalized spacial score (nSPS) is 15.6. The van der Waals surface area contributed by atoms with E-state index in [0.717, 1.165) is 24.3 Å². The summed E-state index contributed by atoms with van der Waals surface area (Å²) < 4.78 is 172. The van der Waals surface area contributed by atoms with Gasteiger partial charge in [0, 0.05) is 35.4 Å². The zero-order valence-corrected chi connectivity index (χ0v) is 40.1. The van der Waals surface area contributed by atoms with Crippen LogP contribution in [0.4, 0.5) is 35.1 Å². The number of fused-ring (bicyclic) bond motifs is 2. The van der Waals surface area contributed by atoms with Crippen LogP contribution in [-0.2, 0) is 43.5 Å². The standard InChI is InChI=1S/2C27H20F4N2O3S/c2*28-19-4-1-17(2-5-19)25-13-18(27(29,30)31)3-7-22(25)23-10-12-36-26-14-21(6-8-24(23)26)37(34,35)15-20-9-11-32-16-33-20/h2*1-9,11,13-14,16,23H,10,12,15H2/t2*23-/m10/s1. The van der Waals surface area contributed by atoms with E-state index in [1.54, 1.807) is 12.1 Å². The van der Waals surface area contributed by atoms with E-state index < -0.39 is 54.8 Å². The summed E-state index contributed by atoms with van der Waals surface area (Å²) in [6.07, 6.45) is -2.69. The molecular weight excluding hydrogens is 1020 g/mol. The van der Waals surface area contributed by atoms with Gasteiger partial charge >= 0.3 is 12.4 Å². The summed E-state index contributed by atoms with van der Waals surface area (Å²) in [5.74, 6) is -1.63. The average molecular weight is 1060 g/mol. The molecule has 0 unspecified atom stereocenters. The maximum atomic E-state index is 13.5. The lowest BCUT2D eigenvalue weighted by atomic mass is 9.82. The van der Waals surface area contributed by atoms with E-state index in [2.05, 4.69) is 19.9 Å². The van der Waals surface area contributed by atoms with Crippen molar-refractivity contribution in [3.8, 4) is 33.8 Å². The maximum absolute atomic E-state index is 13.5. The van der Waals surface area contributed by atoms with Gasteiger partial charge < -0.3 is 9.47 Å². The summed E-state index contributed by atoms with van der Waals surface area (Å²) in [6, 6.07) is 29.8. The first-order valence-electron chi connectivity index (χ1n) is 22.7. The summed E-state index contributed by atoms with van der Waals surface area (Å²) >= 11 is 0. The molecule has 6 aromatic carbocycles. The molecule has 0 N–H and O–H groups in total. The fourth-order valence-electron chi connectivity index (χ4n) is 8.97. The van der Waals surface area contributed by atoms with Gasteiger partial charge in [0.1, 0.15) is 35.8 Å². The van der Waals surface area contributed by atoms with Crippen molar-refractivity contribution in [2.75, 3.05) is 13.2 Å². The van der Waals surface area contributed by atoms with Crippen molar-refractivity contribution in [3.05, 3.63) is 215 Å². The Morgan fingerprint density at radius 2 is 0.851 bits per heavy atom. The van der Waals surface area contributed by atoms with Crippen molar-refractivity contribution in [2.24, 2.45) is 0 Å².